The lowest BCUT2D eigenvalue weighted by molar-refractivity contribution is 1.05. The molecule has 0 saturated carbocycles. The molecule has 0 aliphatic rings. The molecule has 3 aromatic heterocycles. The van der Waals surface area contributed by atoms with Crippen LogP contribution in [-0.4, -0.2) is 19.1 Å². The van der Waals surface area contributed by atoms with Crippen LogP contribution in [0, 0.1) is 0 Å². The van der Waals surface area contributed by atoms with E-state index in [1.807, 2.05) is 0 Å². The van der Waals surface area contributed by atoms with Gasteiger partial charge in [-0.25, -0.2) is 9.97 Å². The van der Waals surface area contributed by atoms with Gasteiger partial charge in [0.05, 0.1) is 27.8 Å². The fraction of sp³-hybridized carbons (Fsp3) is 0. The van der Waals surface area contributed by atoms with Crippen molar-refractivity contribution in [2.75, 3.05) is 0 Å². The van der Waals surface area contributed by atoms with Crippen LogP contribution >= 0.6 is 0 Å². The average molecular weight is 715 g/mol. The highest BCUT2D eigenvalue weighted by Gasteiger charge is 2.22. The minimum Gasteiger partial charge on any atom is -0.309 e. The van der Waals surface area contributed by atoms with Crippen LogP contribution in [0.1, 0.15) is 0 Å². The van der Waals surface area contributed by atoms with Gasteiger partial charge in [-0.05, 0) is 64.7 Å². The first-order valence-electron chi connectivity index (χ1n) is 19.0. The zero-order valence-electron chi connectivity index (χ0n) is 30.4. The van der Waals surface area contributed by atoms with Crippen LogP contribution in [0.2, 0.25) is 0 Å². The number of nitrogens with zero attached hydrogens (tertiary/aromatic N) is 4. The molecular formula is C52H34N4. The van der Waals surface area contributed by atoms with Crippen molar-refractivity contribution in [3.05, 3.63) is 206 Å². The summed E-state index contributed by atoms with van der Waals surface area (Å²) < 4.78 is 4.75. The Hall–Kier alpha value is -7.56. The summed E-state index contributed by atoms with van der Waals surface area (Å²) in [6.45, 7) is 0. The van der Waals surface area contributed by atoms with E-state index in [-0.39, 0.29) is 0 Å². The number of hydrogen-bond acceptors (Lipinski definition) is 2. The first kappa shape index (κ1) is 31.9. The molecule has 0 spiro atoms. The lowest BCUT2D eigenvalue weighted by Crippen LogP contribution is -2.03. The number of benzene rings is 8. The molecule has 3 heterocycles. The van der Waals surface area contributed by atoms with E-state index in [0.717, 1.165) is 67.1 Å². The van der Waals surface area contributed by atoms with Gasteiger partial charge in [-0.15, -0.1) is 0 Å². The summed E-state index contributed by atoms with van der Waals surface area (Å²) >= 11 is 0. The molecule has 0 atom stereocenters. The van der Waals surface area contributed by atoms with Gasteiger partial charge < -0.3 is 4.57 Å². The summed E-state index contributed by atoms with van der Waals surface area (Å²) in [5, 5.41) is 4.75. The Balaban J connectivity index is 1.23. The van der Waals surface area contributed by atoms with Crippen molar-refractivity contribution < 1.29 is 0 Å². The largest absolute Gasteiger partial charge is 0.309 e. The van der Waals surface area contributed by atoms with Crippen molar-refractivity contribution in [1.82, 2.24) is 19.1 Å². The highest BCUT2D eigenvalue weighted by Crippen LogP contribution is 2.42. The number of aromatic nitrogens is 4. The van der Waals surface area contributed by atoms with Gasteiger partial charge in [0.2, 0.25) is 0 Å². The van der Waals surface area contributed by atoms with Gasteiger partial charge in [0, 0.05) is 44.4 Å². The first-order valence-corrected chi connectivity index (χ1v) is 19.0. The highest BCUT2D eigenvalue weighted by atomic mass is 15.1. The van der Waals surface area contributed by atoms with Gasteiger partial charge in [0.1, 0.15) is 5.82 Å². The van der Waals surface area contributed by atoms with Crippen LogP contribution in [0.15, 0.2) is 206 Å². The Morgan fingerprint density at radius 1 is 0.321 bits per heavy atom. The summed E-state index contributed by atoms with van der Waals surface area (Å²) in [7, 11) is 0. The van der Waals surface area contributed by atoms with Gasteiger partial charge in [-0.1, -0.05) is 158 Å². The van der Waals surface area contributed by atoms with E-state index in [2.05, 4.69) is 215 Å². The van der Waals surface area contributed by atoms with E-state index in [1.165, 1.54) is 27.1 Å². The molecule has 0 N–H and O–H groups in total. The van der Waals surface area contributed by atoms with Crippen LogP contribution in [0.4, 0.5) is 0 Å². The van der Waals surface area contributed by atoms with Gasteiger partial charge in [-0.2, -0.15) is 0 Å². The molecule has 0 unspecified atom stereocenters. The molecule has 8 aromatic carbocycles. The monoisotopic (exact) mass is 714 g/mol. The lowest BCUT2D eigenvalue weighted by atomic mass is 10.0. The van der Waals surface area contributed by atoms with Crippen molar-refractivity contribution in [1.29, 1.82) is 0 Å². The maximum atomic E-state index is 5.48. The van der Waals surface area contributed by atoms with E-state index in [9.17, 15) is 0 Å². The zero-order valence-corrected chi connectivity index (χ0v) is 30.4. The number of rotatable bonds is 6. The molecule has 4 heteroatoms. The van der Waals surface area contributed by atoms with Crippen molar-refractivity contribution in [3.63, 3.8) is 0 Å². The first-order chi connectivity index (χ1) is 27.8. The second kappa shape index (κ2) is 13.1. The van der Waals surface area contributed by atoms with Crippen molar-refractivity contribution >= 4 is 43.6 Å². The maximum absolute atomic E-state index is 5.48. The molecule has 262 valence electrons. The van der Waals surface area contributed by atoms with Gasteiger partial charge in [0.15, 0.2) is 5.82 Å². The van der Waals surface area contributed by atoms with Crippen molar-refractivity contribution in [2.45, 2.75) is 0 Å². The molecule has 4 nitrogen and oxygen atoms in total. The summed E-state index contributed by atoms with van der Waals surface area (Å²) in [5.41, 5.74) is 13.1. The Kier molecular flexibility index (Phi) is 7.46. The van der Waals surface area contributed by atoms with Gasteiger partial charge in [0.25, 0.3) is 0 Å². The number of para-hydroxylation sites is 3. The fourth-order valence-electron chi connectivity index (χ4n) is 8.38. The van der Waals surface area contributed by atoms with Crippen molar-refractivity contribution in [3.8, 4) is 56.4 Å². The molecule has 11 rings (SSSR count). The summed E-state index contributed by atoms with van der Waals surface area (Å²) in [5.74, 6) is 1.49. The normalized spacial score (nSPS) is 11.6. The Morgan fingerprint density at radius 2 is 0.857 bits per heavy atom. The van der Waals surface area contributed by atoms with E-state index in [4.69, 9.17) is 9.97 Å². The molecule has 0 saturated heterocycles. The maximum Gasteiger partial charge on any atom is 0.162 e. The smallest absolute Gasteiger partial charge is 0.162 e. The predicted octanol–water partition coefficient (Wildman–Crippen LogP) is 13.3. The number of hydrogen-bond donors (Lipinski definition) is 0. The van der Waals surface area contributed by atoms with Gasteiger partial charge in [-0.3, -0.25) is 4.57 Å². The minimum absolute atomic E-state index is 0.671. The average Bonchev–Trinajstić information content (AvgIpc) is 3.80. The van der Waals surface area contributed by atoms with Crippen LogP contribution < -0.4 is 0 Å². The minimum atomic E-state index is 0.671. The van der Waals surface area contributed by atoms with Crippen molar-refractivity contribution in [2.24, 2.45) is 0 Å². The molecule has 0 radical (unpaired) electrons. The third-order valence-electron chi connectivity index (χ3n) is 10.9. The molecule has 0 bridgehead atoms. The third kappa shape index (κ3) is 5.23. The SMILES string of the molecule is c1ccc(-c2cccc(-c3cc(-n4c5ccccc5c5ccc6c(c7ccccc7n6-c6ccccc6)c54)nc(-c4cccc(-c5ccccc5)c4)n3)c2)cc1. The molecule has 0 amide bonds. The van der Waals surface area contributed by atoms with E-state index in [1.54, 1.807) is 0 Å². The third-order valence-corrected chi connectivity index (χ3v) is 10.9. The zero-order chi connectivity index (χ0) is 37.0. The molecular weight excluding hydrogens is 681 g/mol. The summed E-state index contributed by atoms with van der Waals surface area (Å²) in [4.78, 5) is 10.8. The van der Waals surface area contributed by atoms with Crippen LogP contribution in [-0.2, 0) is 0 Å². The van der Waals surface area contributed by atoms with Crippen LogP contribution in [0.5, 0.6) is 0 Å². The topological polar surface area (TPSA) is 35.6 Å². The molecule has 0 fully saturated rings. The lowest BCUT2D eigenvalue weighted by Gasteiger charge is -2.14. The summed E-state index contributed by atoms with van der Waals surface area (Å²) in [6, 6.07) is 73.1. The molecule has 0 aliphatic carbocycles. The molecule has 11 aromatic rings. The fourth-order valence-corrected chi connectivity index (χ4v) is 8.38. The number of fused-ring (bicyclic) bond motifs is 7. The molecule has 56 heavy (non-hydrogen) atoms. The second-order valence-corrected chi connectivity index (χ2v) is 14.2. The quantitative estimate of drug-likeness (QED) is 0.172. The van der Waals surface area contributed by atoms with E-state index in [0.29, 0.717) is 5.82 Å². The standard InChI is InChI=1S/C52H34N4/c1-4-16-35(17-5-1)37-20-14-22-39(32-37)45-34-49(54-52(53-45)40-23-15-21-38(33-40)36-18-6-2-7-19-36)56-46-28-12-10-26-42(46)43-30-31-48-50(51(43)56)44-27-11-13-29-47(44)55(48)41-24-8-3-9-25-41/h1-34H. The van der Waals surface area contributed by atoms with Crippen LogP contribution in [0.3, 0.4) is 0 Å². The summed E-state index contributed by atoms with van der Waals surface area (Å²) in [6.07, 6.45) is 0. The van der Waals surface area contributed by atoms with E-state index < -0.39 is 0 Å². The Labute approximate surface area is 324 Å². The van der Waals surface area contributed by atoms with E-state index >= 15 is 0 Å². The predicted molar refractivity (Wildman–Crippen MR) is 232 cm³/mol. The highest BCUT2D eigenvalue weighted by molar-refractivity contribution is 6.26. The second-order valence-electron chi connectivity index (χ2n) is 14.2. The van der Waals surface area contributed by atoms with Gasteiger partial charge >= 0.3 is 0 Å². The Morgan fingerprint density at radius 3 is 1.55 bits per heavy atom. The molecule has 0 aliphatic heterocycles. The van der Waals surface area contributed by atoms with Crippen LogP contribution in [0.25, 0.3) is 100 Å². The Bertz CT molecular complexity index is 3130.